The van der Waals surface area contributed by atoms with Crippen molar-refractivity contribution in [1.82, 2.24) is 14.7 Å². The first-order valence-corrected chi connectivity index (χ1v) is 12.2. The molecule has 172 valence electrons. The molecule has 0 bridgehead atoms. The number of benzene rings is 1. The van der Waals surface area contributed by atoms with Gasteiger partial charge in [0.15, 0.2) is 0 Å². The molecule has 1 unspecified atom stereocenters. The van der Waals surface area contributed by atoms with Gasteiger partial charge in [-0.2, -0.15) is 0 Å². The van der Waals surface area contributed by atoms with E-state index in [-0.39, 0.29) is 17.7 Å². The van der Waals surface area contributed by atoms with Crippen molar-refractivity contribution in [2.45, 2.75) is 70.0 Å². The van der Waals surface area contributed by atoms with Gasteiger partial charge in [0.2, 0.25) is 11.8 Å². The molecule has 2 saturated heterocycles. The summed E-state index contributed by atoms with van der Waals surface area (Å²) in [6.45, 7) is 6.05. The zero-order valence-corrected chi connectivity index (χ0v) is 19.1. The van der Waals surface area contributed by atoms with Crippen LogP contribution >= 0.6 is 0 Å². The molecular weight excluding hydrogens is 404 g/mol. The Morgan fingerprint density at radius 3 is 2.53 bits per heavy atom. The summed E-state index contributed by atoms with van der Waals surface area (Å²) in [6.07, 6.45) is 7.42. The van der Waals surface area contributed by atoms with E-state index >= 15 is 0 Å². The second-order valence-corrected chi connectivity index (χ2v) is 9.88. The summed E-state index contributed by atoms with van der Waals surface area (Å²) in [5.74, 6) is 0.214. The van der Waals surface area contributed by atoms with Crippen LogP contribution in [0.3, 0.4) is 0 Å². The van der Waals surface area contributed by atoms with Gasteiger partial charge in [-0.25, -0.2) is 0 Å². The average molecular weight is 439 g/mol. The molecule has 7 nitrogen and oxygen atoms in total. The third-order valence-corrected chi connectivity index (χ3v) is 8.03. The molecule has 1 saturated carbocycles. The Balaban J connectivity index is 1.19. The lowest BCUT2D eigenvalue weighted by molar-refractivity contribution is -0.133. The van der Waals surface area contributed by atoms with Gasteiger partial charge in [-0.05, 0) is 44.7 Å². The second-order valence-electron chi connectivity index (χ2n) is 9.88. The first-order valence-electron chi connectivity index (χ1n) is 12.2. The van der Waals surface area contributed by atoms with Crippen LogP contribution in [0.4, 0.5) is 5.69 Å². The van der Waals surface area contributed by atoms with Crippen LogP contribution in [0.5, 0.6) is 0 Å². The fraction of sp³-hybridized carbons (Fsp3) is 0.640. The van der Waals surface area contributed by atoms with E-state index in [2.05, 4.69) is 4.90 Å². The van der Waals surface area contributed by atoms with Crippen LogP contribution in [0.25, 0.3) is 0 Å². The van der Waals surface area contributed by atoms with Crippen LogP contribution in [0, 0.1) is 0 Å². The van der Waals surface area contributed by atoms with E-state index in [1.54, 1.807) is 11.0 Å². The lowest BCUT2D eigenvalue weighted by Gasteiger charge is -2.48. The summed E-state index contributed by atoms with van der Waals surface area (Å²) >= 11 is 0. The van der Waals surface area contributed by atoms with E-state index in [4.69, 9.17) is 0 Å². The van der Waals surface area contributed by atoms with Gasteiger partial charge < -0.3 is 9.80 Å². The van der Waals surface area contributed by atoms with Crippen LogP contribution in [0.1, 0.15) is 68.6 Å². The number of fused-ring (bicyclic) bond motifs is 3. The van der Waals surface area contributed by atoms with E-state index in [0.29, 0.717) is 37.8 Å². The van der Waals surface area contributed by atoms with Gasteiger partial charge in [0.05, 0.1) is 11.3 Å². The second kappa shape index (κ2) is 8.50. The molecular formula is C25H34N4O3. The Morgan fingerprint density at radius 2 is 1.78 bits per heavy atom. The number of rotatable bonds is 5. The SMILES string of the molecule is CC12CCC(=O)N1c1ccccc1C(=O)N2CCCC(=O)N1CCN(C2CCCC2)CC1. The quantitative estimate of drug-likeness (QED) is 0.709. The number of hydrogen-bond acceptors (Lipinski definition) is 4. The molecule has 3 amide bonds. The first-order chi connectivity index (χ1) is 15.5. The number of nitrogens with zero attached hydrogens (tertiary/aromatic N) is 4. The Hall–Kier alpha value is -2.41. The third-order valence-electron chi connectivity index (χ3n) is 8.03. The molecule has 3 fully saturated rings. The van der Waals surface area contributed by atoms with Gasteiger partial charge in [0.1, 0.15) is 5.66 Å². The number of piperazine rings is 1. The van der Waals surface area contributed by atoms with Crippen LogP contribution in [-0.4, -0.2) is 76.8 Å². The zero-order valence-electron chi connectivity index (χ0n) is 19.1. The van der Waals surface area contributed by atoms with Gasteiger partial charge in [0, 0.05) is 51.6 Å². The van der Waals surface area contributed by atoms with E-state index < -0.39 is 5.66 Å². The maximum atomic E-state index is 13.3. The Bertz CT molecular complexity index is 904. The summed E-state index contributed by atoms with van der Waals surface area (Å²) in [4.78, 5) is 47.0. The monoisotopic (exact) mass is 438 g/mol. The number of carbonyl (C=O) groups excluding carboxylic acids is 3. The van der Waals surface area contributed by atoms with Crippen LogP contribution in [0.15, 0.2) is 24.3 Å². The predicted octanol–water partition coefficient (Wildman–Crippen LogP) is 2.85. The maximum Gasteiger partial charge on any atom is 0.257 e. The fourth-order valence-electron chi connectivity index (χ4n) is 6.19. The summed E-state index contributed by atoms with van der Waals surface area (Å²) in [5.41, 5.74) is 0.655. The lowest BCUT2D eigenvalue weighted by Crippen LogP contribution is -2.62. The van der Waals surface area contributed by atoms with Gasteiger partial charge in [-0.3, -0.25) is 24.2 Å². The summed E-state index contributed by atoms with van der Waals surface area (Å²) in [7, 11) is 0. The minimum absolute atomic E-state index is 0.0355. The van der Waals surface area contributed by atoms with E-state index in [1.165, 1.54) is 25.7 Å². The van der Waals surface area contributed by atoms with Gasteiger partial charge >= 0.3 is 0 Å². The summed E-state index contributed by atoms with van der Waals surface area (Å²) < 4.78 is 0. The number of anilines is 1. The van der Waals surface area contributed by atoms with Gasteiger partial charge in [-0.15, -0.1) is 0 Å². The molecule has 1 aliphatic carbocycles. The molecule has 3 heterocycles. The maximum absolute atomic E-state index is 13.3. The molecule has 5 rings (SSSR count). The number of hydrogen-bond donors (Lipinski definition) is 0. The van der Waals surface area contributed by atoms with Gasteiger partial charge in [-0.1, -0.05) is 25.0 Å². The Labute approximate surface area is 190 Å². The highest BCUT2D eigenvalue weighted by Crippen LogP contribution is 2.44. The molecule has 1 aromatic rings. The molecule has 0 spiro atoms. The predicted molar refractivity (Wildman–Crippen MR) is 122 cm³/mol. The summed E-state index contributed by atoms with van der Waals surface area (Å²) in [6, 6.07) is 8.09. The fourth-order valence-corrected chi connectivity index (χ4v) is 6.19. The normalized spacial score (nSPS) is 26.6. The first kappa shape index (κ1) is 21.4. The molecule has 0 aromatic heterocycles. The minimum atomic E-state index is -0.640. The van der Waals surface area contributed by atoms with Crippen LogP contribution in [0.2, 0.25) is 0 Å². The number of para-hydroxylation sites is 1. The van der Waals surface area contributed by atoms with Crippen molar-refractivity contribution in [2.75, 3.05) is 37.6 Å². The molecule has 0 N–H and O–H groups in total. The molecule has 4 aliphatic rings. The molecule has 3 aliphatic heterocycles. The van der Waals surface area contributed by atoms with Gasteiger partial charge in [0.25, 0.3) is 5.91 Å². The van der Waals surface area contributed by atoms with Crippen molar-refractivity contribution < 1.29 is 14.4 Å². The topological polar surface area (TPSA) is 64.2 Å². The third kappa shape index (κ3) is 3.60. The van der Waals surface area contributed by atoms with Crippen molar-refractivity contribution in [2.24, 2.45) is 0 Å². The minimum Gasteiger partial charge on any atom is -0.340 e. The highest BCUT2D eigenvalue weighted by molar-refractivity contribution is 6.10. The van der Waals surface area contributed by atoms with Crippen molar-refractivity contribution in [3.8, 4) is 0 Å². The van der Waals surface area contributed by atoms with E-state index in [9.17, 15) is 14.4 Å². The van der Waals surface area contributed by atoms with Crippen molar-refractivity contribution in [3.63, 3.8) is 0 Å². The summed E-state index contributed by atoms with van der Waals surface area (Å²) in [5, 5.41) is 0. The molecule has 7 heteroatoms. The molecule has 1 aromatic carbocycles. The molecule has 0 radical (unpaired) electrons. The van der Waals surface area contributed by atoms with Crippen LogP contribution in [-0.2, 0) is 9.59 Å². The van der Waals surface area contributed by atoms with Crippen molar-refractivity contribution >= 4 is 23.4 Å². The number of carbonyl (C=O) groups is 3. The highest BCUT2D eigenvalue weighted by Gasteiger charge is 2.52. The number of amides is 3. The smallest absolute Gasteiger partial charge is 0.257 e. The Kier molecular flexibility index (Phi) is 5.70. The standard InChI is InChI=1S/C25H34N4O3/c1-25-13-12-23(31)29(25)21-10-5-4-9-20(21)24(32)28(25)14-6-11-22(30)27-17-15-26(16-18-27)19-7-2-3-8-19/h4-5,9-10,19H,2-3,6-8,11-18H2,1H3. The zero-order chi connectivity index (χ0) is 22.3. The van der Waals surface area contributed by atoms with E-state index in [0.717, 1.165) is 37.9 Å². The molecule has 32 heavy (non-hydrogen) atoms. The highest BCUT2D eigenvalue weighted by atomic mass is 16.2. The van der Waals surface area contributed by atoms with Crippen molar-refractivity contribution in [1.29, 1.82) is 0 Å². The molecule has 1 atom stereocenters. The van der Waals surface area contributed by atoms with Crippen LogP contribution < -0.4 is 4.90 Å². The average Bonchev–Trinajstić information content (AvgIpc) is 3.45. The largest absolute Gasteiger partial charge is 0.340 e. The lowest BCUT2D eigenvalue weighted by atomic mass is 9.98. The van der Waals surface area contributed by atoms with E-state index in [1.807, 2.05) is 34.9 Å². The van der Waals surface area contributed by atoms with Crippen molar-refractivity contribution in [3.05, 3.63) is 29.8 Å². The Morgan fingerprint density at radius 1 is 1.06 bits per heavy atom.